The first-order valence-corrected chi connectivity index (χ1v) is 10.8. The molecular weight excluding hydrogens is 380 g/mol. The van der Waals surface area contributed by atoms with Crippen LogP contribution in [0.15, 0.2) is 54.6 Å². The zero-order chi connectivity index (χ0) is 20.6. The van der Waals surface area contributed by atoms with E-state index in [1.165, 1.54) is 0 Å². The van der Waals surface area contributed by atoms with E-state index in [4.69, 9.17) is 18.9 Å². The number of ketones is 1. The van der Waals surface area contributed by atoms with Crippen LogP contribution in [-0.2, 0) is 9.47 Å². The normalized spacial score (nSPS) is 22.0. The first kappa shape index (κ1) is 20.6. The highest BCUT2D eigenvalue weighted by atomic mass is 16.7. The number of hydrogen-bond donors (Lipinski definition) is 0. The highest BCUT2D eigenvalue weighted by Gasteiger charge is 2.21. The quantitative estimate of drug-likeness (QED) is 0.454. The lowest BCUT2D eigenvalue weighted by atomic mass is 10.1. The molecule has 2 heterocycles. The first-order chi connectivity index (χ1) is 14.8. The van der Waals surface area contributed by atoms with Crippen molar-refractivity contribution >= 4 is 11.9 Å². The van der Waals surface area contributed by atoms with Crippen molar-refractivity contribution in [2.45, 2.75) is 51.1 Å². The molecule has 5 nitrogen and oxygen atoms in total. The lowest BCUT2D eigenvalue weighted by molar-refractivity contribution is -0.109. The molecule has 2 aromatic rings. The summed E-state index contributed by atoms with van der Waals surface area (Å²) >= 11 is 0. The third kappa shape index (κ3) is 5.71. The van der Waals surface area contributed by atoms with Crippen molar-refractivity contribution in [1.29, 1.82) is 0 Å². The Bertz CT molecular complexity index is 849. The summed E-state index contributed by atoms with van der Waals surface area (Å²) in [5.74, 6) is 0.999. The molecule has 0 saturated carbocycles. The van der Waals surface area contributed by atoms with Gasteiger partial charge in [-0.05, 0) is 49.5 Å². The van der Waals surface area contributed by atoms with Crippen LogP contribution in [0.3, 0.4) is 0 Å². The van der Waals surface area contributed by atoms with Crippen molar-refractivity contribution in [3.8, 4) is 11.5 Å². The van der Waals surface area contributed by atoms with Gasteiger partial charge in [0.15, 0.2) is 18.4 Å². The van der Waals surface area contributed by atoms with Gasteiger partial charge in [-0.2, -0.15) is 0 Å². The van der Waals surface area contributed by atoms with Crippen molar-refractivity contribution in [2.75, 3.05) is 13.2 Å². The van der Waals surface area contributed by atoms with Gasteiger partial charge in [-0.3, -0.25) is 4.79 Å². The number of allylic oxidation sites excluding steroid dienone is 1. The number of ether oxygens (including phenoxy) is 4. The Balaban J connectivity index is 1.53. The average Bonchev–Trinajstić information content (AvgIpc) is 2.80. The third-order valence-corrected chi connectivity index (χ3v) is 5.25. The van der Waals surface area contributed by atoms with Gasteiger partial charge in [-0.15, -0.1) is 0 Å². The Morgan fingerprint density at radius 2 is 1.57 bits per heavy atom. The predicted molar refractivity (Wildman–Crippen MR) is 115 cm³/mol. The Morgan fingerprint density at radius 3 is 2.23 bits per heavy atom. The molecule has 30 heavy (non-hydrogen) atoms. The molecule has 0 spiro atoms. The molecule has 0 aliphatic carbocycles. The molecule has 0 N–H and O–H groups in total. The molecule has 0 radical (unpaired) electrons. The molecule has 2 aromatic carbocycles. The van der Waals surface area contributed by atoms with E-state index in [1.807, 2.05) is 36.4 Å². The molecule has 0 amide bonds. The molecule has 5 heteroatoms. The fourth-order valence-electron chi connectivity index (χ4n) is 3.60. The third-order valence-electron chi connectivity index (χ3n) is 5.25. The minimum Gasteiger partial charge on any atom is -0.465 e. The standard InChI is InChI=1S/C25H28O5/c26-22(15-12-19-8-2-1-3-9-19)21-14-13-20(29-24-10-4-6-16-27-24)18-23(21)30-25-11-5-7-17-28-25/h1-3,8-9,12-15,18,24-25H,4-7,10-11,16-17H2/b15-12+. The molecule has 2 aliphatic rings. The monoisotopic (exact) mass is 408 g/mol. The van der Waals surface area contributed by atoms with Gasteiger partial charge in [0.1, 0.15) is 11.5 Å². The van der Waals surface area contributed by atoms with Crippen LogP contribution in [0, 0.1) is 0 Å². The Morgan fingerprint density at radius 1 is 0.867 bits per heavy atom. The SMILES string of the molecule is O=C(/C=C/c1ccccc1)c1ccc(OC2CCCCO2)cc1OC1CCCCO1. The second kappa shape index (κ2) is 10.4. The summed E-state index contributed by atoms with van der Waals surface area (Å²) in [6.07, 6.45) is 8.70. The molecule has 2 atom stereocenters. The second-order valence-corrected chi connectivity index (χ2v) is 7.59. The minimum absolute atomic E-state index is 0.120. The predicted octanol–water partition coefficient (Wildman–Crippen LogP) is 5.39. The molecule has 4 rings (SSSR count). The van der Waals surface area contributed by atoms with Crippen LogP contribution in [0.4, 0.5) is 0 Å². The van der Waals surface area contributed by atoms with Gasteiger partial charge in [0.25, 0.3) is 0 Å². The summed E-state index contributed by atoms with van der Waals surface area (Å²) in [6, 6.07) is 15.1. The zero-order valence-electron chi connectivity index (χ0n) is 17.1. The van der Waals surface area contributed by atoms with Crippen LogP contribution in [0.1, 0.15) is 54.4 Å². The van der Waals surface area contributed by atoms with Crippen LogP contribution in [0.2, 0.25) is 0 Å². The molecule has 0 aromatic heterocycles. The topological polar surface area (TPSA) is 54.0 Å². The maximum atomic E-state index is 12.9. The molecule has 2 unspecified atom stereocenters. The van der Waals surface area contributed by atoms with Crippen molar-refractivity contribution < 1.29 is 23.7 Å². The van der Waals surface area contributed by atoms with Crippen LogP contribution in [0.25, 0.3) is 6.08 Å². The van der Waals surface area contributed by atoms with E-state index in [2.05, 4.69) is 0 Å². The van der Waals surface area contributed by atoms with Crippen molar-refractivity contribution in [3.05, 3.63) is 65.7 Å². The summed E-state index contributed by atoms with van der Waals surface area (Å²) in [6.45, 7) is 1.39. The van der Waals surface area contributed by atoms with E-state index in [1.54, 1.807) is 24.3 Å². The van der Waals surface area contributed by atoms with Gasteiger partial charge in [0.05, 0.1) is 18.8 Å². The van der Waals surface area contributed by atoms with Crippen molar-refractivity contribution in [1.82, 2.24) is 0 Å². The zero-order valence-corrected chi connectivity index (χ0v) is 17.1. The lowest BCUT2D eigenvalue weighted by Gasteiger charge is -2.26. The van der Waals surface area contributed by atoms with Gasteiger partial charge in [0, 0.05) is 18.9 Å². The highest BCUT2D eigenvalue weighted by Crippen LogP contribution is 2.30. The van der Waals surface area contributed by atoms with Crippen LogP contribution in [-0.4, -0.2) is 31.6 Å². The fraction of sp³-hybridized carbons (Fsp3) is 0.400. The Hall–Kier alpha value is -2.63. The highest BCUT2D eigenvalue weighted by molar-refractivity contribution is 6.08. The molecule has 158 valence electrons. The van der Waals surface area contributed by atoms with Gasteiger partial charge in [-0.1, -0.05) is 36.4 Å². The van der Waals surface area contributed by atoms with E-state index in [0.29, 0.717) is 30.3 Å². The molecule has 0 bridgehead atoms. The Kier molecular flexibility index (Phi) is 7.16. The van der Waals surface area contributed by atoms with E-state index >= 15 is 0 Å². The van der Waals surface area contributed by atoms with E-state index in [9.17, 15) is 4.79 Å². The van der Waals surface area contributed by atoms with Crippen LogP contribution < -0.4 is 9.47 Å². The average molecular weight is 408 g/mol. The number of carbonyl (C=O) groups excluding carboxylic acids is 1. The number of carbonyl (C=O) groups is 1. The number of hydrogen-bond acceptors (Lipinski definition) is 5. The van der Waals surface area contributed by atoms with E-state index < -0.39 is 0 Å². The van der Waals surface area contributed by atoms with Crippen LogP contribution >= 0.6 is 0 Å². The molecular formula is C25H28O5. The van der Waals surface area contributed by atoms with Crippen molar-refractivity contribution in [3.63, 3.8) is 0 Å². The molecule has 2 saturated heterocycles. The van der Waals surface area contributed by atoms with Gasteiger partial charge in [-0.25, -0.2) is 0 Å². The van der Waals surface area contributed by atoms with Gasteiger partial charge < -0.3 is 18.9 Å². The second-order valence-electron chi connectivity index (χ2n) is 7.59. The maximum Gasteiger partial charge on any atom is 0.199 e. The summed E-state index contributed by atoms with van der Waals surface area (Å²) in [7, 11) is 0. The minimum atomic E-state index is -0.343. The largest absolute Gasteiger partial charge is 0.465 e. The van der Waals surface area contributed by atoms with E-state index in [0.717, 1.165) is 44.1 Å². The van der Waals surface area contributed by atoms with Gasteiger partial charge >= 0.3 is 0 Å². The van der Waals surface area contributed by atoms with E-state index in [-0.39, 0.29) is 18.4 Å². The molecule has 2 fully saturated rings. The first-order valence-electron chi connectivity index (χ1n) is 10.8. The maximum absolute atomic E-state index is 12.9. The fourth-order valence-corrected chi connectivity index (χ4v) is 3.60. The summed E-state index contributed by atoms with van der Waals surface area (Å²) in [4.78, 5) is 12.9. The Labute approximate surface area is 177 Å². The smallest absolute Gasteiger partial charge is 0.199 e. The van der Waals surface area contributed by atoms with Gasteiger partial charge in [0.2, 0.25) is 0 Å². The summed E-state index contributed by atoms with van der Waals surface area (Å²) in [5, 5.41) is 0. The molecule has 2 aliphatic heterocycles. The number of rotatable bonds is 7. The lowest BCUT2D eigenvalue weighted by Crippen LogP contribution is -2.26. The van der Waals surface area contributed by atoms with Crippen LogP contribution in [0.5, 0.6) is 11.5 Å². The summed E-state index contributed by atoms with van der Waals surface area (Å²) in [5.41, 5.74) is 1.46. The number of benzene rings is 2. The van der Waals surface area contributed by atoms with Crippen molar-refractivity contribution in [2.24, 2.45) is 0 Å². The summed E-state index contributed by atoms with van der Waals surface area (Å²) < 4.78 is 23.5.